The molecule has 2 nitrogen and oxygen atoms in total. The molecule has 1 fully saturated rings. The second-order valence-corrected chi connectivity index (χ2v) is 6.97. The van der Waals surface area contributed by atoms with Crippen molar-refractivity contribution in [2.75, 3.05) is 13.2 Å². The summed E-state index contributed by atoms with van der Waals surface area (Å²) in [5.74, 6) is 0.806. The van der Waals surface area contributed by atoms with E-state index >= 15 is 0 Å². The van der Waals surface area contributed by atoms with Gasteiger partial charge in [-0.25, -0.2) is 0 Å². The van der Waals surface area contributed by atoms with Crippen LogP contribution in [0.4, 0.5) is 0 Å². The van der Waals surface area contributed by atoms with E-state index in [0.29, 0.717) is 28.1 Å². The highest BCUT2D eigenvalue weighted by molar-refractivity contribution is 6.35. The van der Waals surface area contributed by atoms with Crippen molar-refractivity contribution in [2.45, 2.75) is 45.1 Å². The molecular formula is C16H21Cl2NO. The molecule has 110 valence electrons. The summed E-state index contributed by atoms with van der Waals surface area (Å²) in [6, 6.07) is 4.05. The smallest absolute Gasteiger partial charge is 0.142 e. The van der Waals surface area contributed by atoms with Gasteiger partial charge in [0.1, 0.15) is 5.75 Å². The summed E-state index contributed by atoms with van der Waals surface area (Å²) in [5.41, 5.74) is 1.66. The van der Waals surface area contributed by atoms with Crippen LogP contribution in [0.1, 0.15) is 50.6 Å². The van der Waals surface area contributed by atoms with Crippen molar-refractivity contribution in [3.63, 3.8) is 0 Å². The molecular weight excluding hydrogens is 293 g/mol. The first-order chi connectivity index (χ1) is 9.63. The average Bonchev–Trinajstić information content (AvgIpc) is 3.17. The van der Waals surface area contributed by atoms with Gasteiger partial charge in [0, 0.05) is 29.6 Å². The van der Waals surface area contributed by atoms with Crippen LogP contribution in [0.25, 0.3) is 0 Å². The van der Waals surface area contributed by atoms with Crippen LogP contribution in [0.5, 0.6) is 5.75 Å². The van der Waals surface area contributed by atoms with Gasteiger partial charge >= 0.3 is 0 Å². The predicted octanol–water partition coefficient (Wildman–Crippen LogP) is 4.99. The number of ether oxygens (including phenoxy) is 1. The Labute approximate surface area is 130 Å². The second-order valence-electron chi connectivity index (χ2n) is 6.13. The third kappa shape index (κ3) is 2.93. The lowest BCUT2D eigenvalue weighted by atomic mass is 9.97. The number of halogens is 2. The quantitative estimate of drug-likeness (QED) is 0.827. The average molecular weight is 314 g/mol. The molecule has 1 aromatic rings. The maximum absolute atomic E-state index is 6.23. The van der Waals surface area contributed by atoms with Gasteiger partial charge in [0.05, 0.1) is 11.6 Å². The maximum atomic E-state index is 6.23. The van der Waals surface area contributed by atoms with Crippen LogP contribution in [0.2, 0.25) is 10.0 Å². The van der Waals surface area contributed by atoms with Crippen molar-refractivity contribution in [2.24, 2.45) is 5.41 Å². The van der Waals surface area contributed by atoms with Crippen LogP contribution in [-0.2, 0) is 0 Å². The highest BCUT2D eigenvalue weighted by Crippen LogP contribution is 2.49. The van der Waals surface area contributed by atoms with Crippen LogP contribution in [0.3, 0.4) is 0 Å². The molecule has 4 heteroatoms. The molecule has 1 unspecified atom stereocenters. The zero-order valence-corrected chi connectivity index (χ0v) is 13.4. The topological polar surface area (TPSA) is 21.3 Å². The van der Waals surface area contributed by atoms with E-state index in [9.17, 15) is 0 Å². The Bertz CT molecular complexity index is 499. The molecule has 0 spiro atoms. The number of hydrogen-bond donors (Lipinski definition) is 1. The van der Waals surface area contributed by atoms with Crippen LogP contribution in [0, 0.1) is 5.41 Å². The summed E-state index contributed by atoms with van der Waals surface area (Å²) in [4.78, 5) is 0. The van der Waals surface area contributed by atoms with E-state index in [4.69, 9.17) is 27.9 Å². The molecule has 1 atom stereocenters. The molecule has 0 radical (unpaired) electrons. The Kier molecular flexibility index (Phi) is 4.16. The molecule has 1 aliphatic heterocycles. The van der Waals surface area contributed by atoms with Gasteiger partial charge in [0.25, 0.3) is 0 Å². The summed E-state index contributed by atoms with van der Waals surface area (Å²) in [6.45, 7) is 4.07. The SMILES string of the molecule is CCCC1(CNC2CCOc3c(Cl)cc(Cl)cc32)CC1. The van der Waals surface area contributed by atoms with Gasteiger partial charge in [-0.1, -0.05) is 36.5 Å². The fraction of sp³-hybridized carbons (Fsp3) is 0.625. The number of benzene rings is 1. The zero-order valence-electron chi connectivity index (χ0n) is 11.8. The molecule has 1 aliphatic carbocycles. The van der Waals surface area contributed by atoms with Gasteiger partial charge in [0.2, 0.25) is 0 Å². The first-order valence-corrected chi connectivity index (χ1v) is 8.24. The lowest BCUT2D eigenvalue weighted by Crippen LogP contribution is -2.32. The zero-order chi connectivity index (χ0) is 14.2. The van der Waals surface area contributed by atoms with E-state index in [1.807, 2.05) is 6.07 Å². The summed E-state index contributed by atoms with van der Waals surface area (Å²) in [5, 5.41) is 5.02. The number of nitrogens with one attached hydrogen (secondary N) is 1. The van der Waals surface area contributed by atoms with Gasteiger partial charge < -0.3 is 10.1 Å². The standard InChI is InChI=1S/C16H21Cl2NO/c1-2-4-16(5-6-16)10-19-14-3-7-20-15-12(14)8-11(17)9-13(15)18/h8-9,14,19H,2-7,10H2,1H3. The number of hydrogen-bond acceptors (Lipinski definition) is 2. The fourth-order valence-corrected chi connectivity index (χ4v) is 3.76. The van der Waals surface area contributed by atoms with E-state index in [-0.39, 0.29) is 0 Å². The molecule has 1 aromatic carbocycles. The van der Waals surface area contributed by atoms with Gasteiger partial charge in [0.15, 0.2) is 0 Å². The minimum atomic E-state index is 0.310. The van der Waals surface area contributed by atoms with Crippen molar-refractivity contribution >= 4 is 23.2 Å². The molecule has 0 bridgehead atoms. The first-order valence-electron chi connectivity index (χ1n) is 7.49. The van der Waals surface area contributed by atoms with Gasteiger partial charge in [-0.3, -0.25) is 0 Å². The molecule has 1 saturated carbocycles. The van der Waals surface area contributed by atoms with Crippen LogP contribution in [-0.4, -0.2) is 13.2 Å². The van der Waals surface area contributed by atoms with E-state index in [1.54, 1.807) is 6.07 Å². The van der Waals surface area contributed by atoms with E-state index in [1.165, 1.54) is 25.7 Å². The summed E-state index contributed by atoms with van der Waals surface area (Å²) in [6.07, 6.45) is 6.29. The van der Waals surface area contributed by atoms with Crippen LogP contribution in [0.15, 0.2) is 12.1 Å². The van der Waals surface area contributed by atoms with Crippen molar-refractivity contribution < 1.29 is 4.74 Å². The third-order valence-electron chi connectivity index (χ3n) is 4.53. The van der Waals surface area contributed by atoms with Crippen molar-refractivity contribution in [3.8, 4) is 5.75 Å². The Morgan fingerprint density at radius 2 is 2.15 bits per heavy atom. The first kappa shape index (κ1) is 14.5. The monoisotopic (exact) mass is 313 g/mol. The summed E-state index contributed by atoms with van der Waals surface area (Å²) in [7, 11) is 0. The van der Waals surface area contributed by atoms with Crippen molar-refractivity contribution in [3.05, 3.63) is 27.7 Å². The molecule has 0 amide bonds. The molecule has 1 heterocycles. The van der Waals surface area contributed by atoms with Crippen molar-refractivity contribution in [1.82, 2.24) is 5.32 Å². The molecule has 1 N–H and O–H groups in total. The summed E-state index contributed by atoms with van der Waals surface area (Å²) >= 11 is 12.4. The van der Waals surface area contributed by atoms with E-state index in [2.05, 4.69) is 12.2 Å². The van der Waals surface area contributed by atoms with Crippen LogP contribution >= 0.6 is 23.2 Å². The molecule has 20 heavy (non-hydrogen) atoms. The Balaban J connectivity index is 1.73. The number of rotatable bonds is 5. The highest BCUT2D eigenvalue weighted by atomic mass is 35.5. The highest BCUT2D eigenvalue weighted by Gasteiger charge is 2.41. The van der Waals surface area contributed by atoms with E-state index < -0.39 is 0 Å². The Hall–Kier alpha value is -0.440. The predicted molar refractivity (Wildman–Crippen MR) is 83.9 cm³/mol. The summed E-state index contributed by atoms with van der Waals surface area (Å²) < 4.78 is 5.70. The lowest BCUT2D eigenvalue weighted by Gasteiger charge is -2.29. The lowest BCUT2D eigenvalue weighted by molar-refractivity contribution is 0.245. The van der Waals surface area contributed by atoms with Gasteiger partial charge in [-0.05, 0) is 36.8 Å². The molecule has 2 aliphatic rings. The van der Waals surface area contributed by atoms with E-state index in [0.717, 1.165) is 24.3 Å². The third-order valence-corrected chi connectivity index (χ3v) is 5.03. The van der Waals surface area contributed by atoms with Crippen molar-refractivity contribution in [1.29, 1.82) is 0 Å². The van der Waals surface area contributed by atoms with Gasteiger partial charge in [-0.15, -0.1) is 0 Å². The largest absolute Gasteiger partial charge is 0.492 e. The molecule has 3 rings (SSSR count). The normalized spacial score (nSPS) is 23.1. The molecule has 0 saturated heterocycles. The Morgan fingerprint density at radius 1 is 1.35 bits per heavy atom. The molecule has 0 aromatic heterocycles. The minimum absolute atomic E-state index is 0.310. The van der Waals surface area contributed by atoms with Crippen LogP contribution < -0.4 is 10.1 Å². The maximum Gasteiger partial charge on any atom is 0.142 e. The Morgan fingerprint density at radius 3 is 2.85 bits per heavy atom. The minimum Gasteiger partial charge on any atom is -0.492 e. The second kappa shape index (κ2) is 5.75. The van der Waals surface area contributed by atoms with Gasteiger partial charge in [-0.2, -0.15) is 0 Å². The fourth-order valence-electron chi connectivity index (χ4n) is 3.20. The number of fused-ring (bicyclic) bond motifs is 1.